The van der Waals surface area contributed by atoms with Crippen LogP contribution in [-0.2, 0) is 0 Å². The minimum atomic E-state index is -0.708. The lowest BCUT2D eigenvalue weighted by Crippen LogP contribution is -2.40. The summed E-state index contributed by atoms with van der Waals surface area (Å²) < 4.78 is 34.5. The van der Waals surface area contributed by atoms with Gasteiger partial charge >= 0.3 is 6.03 Å². The van der Waals surface area contributed by atoms with Crippen LogP contribution in [0, 0.1) is 11.6 Å². The third-order valence-corrected chi connectivity index (χ3v) is 5.59. The fraction of sp³-hybridized carbons (Fsp3) is 0.286. The van der Waals surface area contributed by atoms with Gasteiger partial charge in [0.25, 0.3) is 5.91 Å². The van der Waals surface area contributed by atoms with E-state index in [1.54, 1.807) is 23.2 Å². The molecule has 2 N–H and O–H groups in total. The van der Waals surface area contributed by atoms with E-state index in [0.29, 0.717) is 30.6 Å². The van der Waals surface area contributed by atoms with Crippen LogP contribution in [0.1, 0.15) is 34.9 Å². The topological polar surface area (TPSA) is 118 Å². The molecule has 10 nitrogen and oxygen atoms in total. The van der Waals surface area contributed by atoms with Crippen molar-refractivity contribution in [3.8, 4) is 5.88 Å². The number of amides is 3. The molecular formula is C21H19F2N7O3. The summed E-state index contributed by atoms with van der Waals surface area (Å²) in [5, 5.41) is 9.63. The van der Waals surface area contributed by atoms with E-state index in [4.69, 9.17) is 10.5 Å². The van der Waals surface area contributed by atoms with E-state index in [0.717, 1.165) is 6.07 Å². The Morgan fingerprint density at radius 1 is 1.15 bits per heavy atom. The first-order valence-corrected chi connectivity index (χ1v) is 10.3. The van der Waals surface area contributed by atoms with Crippen molar-refractivity contribution in [2.75, 3.05) is 13.1 Å². The Hall–Kier alpha value is -4.09. The molecule has 5 rings (SSSR count). The number of nitrogens with zero attached hydrogens (tertiary/aromatic N) is 6. The number of hydrogen-bond donors (Lipinski definition) is 1. The number of nitrogens with two attached hydrogens (primary N) is 1. The number of imidazole rings is 1. The predicted octanol–water partition coefficient (Wildman–Crippen LogP) is 2.11. The Morgan fingerprint density at radius 3 is 2.70 bits per heavy atom. The summed E-state index contributed by atoms with van der Waals surface area (Å²) in [5.74, 6) is -1.82. The summed E-state index contributed by atoms with van der Waals surface area (Å²) in [6.07, 6.45) is 3.46. The van der Waals surface area contributed by atoms with Crippen LogP contribution < -0.4 is 10.5 Å². The Kier molecular flexibility index (Phi) is 5.11. The number of fused-ring (bicyclic) bond motifs is 1. The van der Waals surface area contributed by atoms with Gasteiger partial charge in [0.1, 0.15) is 23.4 Å². The molecule has 170 valence electrons. The van der Waals surface area contributed by atoms with E-state index in [-0.39, 0.29) is 30.3 Å². The van der Waals surface area contributed by atoms with E-state index in [1.165, 1.54) is 27.9 Å². The average molecular weight is 455 g/mol. The van der Waals surface area contributed by atoms with E-state index >= 15 is 0 Å². The molecule has 0 radical (unpaired) electrons. The highest BCUT2D eigenvalue weighted by molar-refractivity contribution is 5.91. The predicted molar refractivity (Wildman–Crippen MR) is 112 cm³/mol. The second-order valence-corrected chi connectivity index (χ2v) is 7.80. The molecule has 0 unspecified atom stereocenters. The number of aromatic nitrogens is 3. The number of benzene rings is 1. The number of likely N-dealkylation sites (tertiary alicyclic amines) is 1. The maximum absolute atomic E-state index is 13.7. The van der Waals surface area contributed by atoms with Crippen molar-refractivity contribution in [2.24, 2.45) is 10.8 Å². The fourth-order valence-electron chi connectivity index (χ4n) is 4.04. The molecule has 0 aliphatic carbocycles. The number of hydrazone groups is 1. The zero-order valence-corrected chi connectivity index (χ0v) is 17.3. The van der Waals surface area contributed by atoms with Gasteiger partial charge in [0, 0.05) is 37.7 Å². The van der Waals surface area contributed by atoms with Gasteiger partial charge in [-0.25, -0.2) is 28.1 Å². The van der Waals surface area contributed by atoms with Gasteiger partial charge in [0.05, 0.1) is 18.8 Å². The third-order valence-electron chi connectivity index (χ3n) is 5.59. The minimum absolute atomic E-state index is 0.130. The van der Waals surface area contributed by atoms with Crippen molar-refractivity contribution >= 4 is 23.8 Å². The number of halogens is 2. The number of ether oxygens (including phenoxy) is 1. The molecular weight excluding hydrogens is 436 g/mol. The molecule has 33 heavy (non-hydrogen) atoms. The molecule has 2 aliphatic rings. The molecule has 1 fully saturated rings. The maximum Gasteiger partial charge on any atom is 0.341 e. The van der Waals surface area contributed by atoms with Gasteiger partial charge in [-0.3, -0.25) is 4.79 Å². The molecule has 1 saturated heterocycles. The van der Waals surface area contributed by atoms with Gasteiger partial charge in [0.15, 0.2) is 5.65 Å². The molecule has 3 aromatic rings. The summed E-state index contributed by atoms with van der Waals surface area (Å²) in [6.45, 7) is 0.695. The first-order valence-electron chi connectivity index (χ1n) is 10.3. The first-order chi connectivity index (χ1) is 15.9. The molecule has 1 aromatic carbocycles. The van der Waals surface area contributed by atoms with Crippen molar-refractivity contribution < 1.29 is 23.1 Å². The average Bonchev–Trinajstić information content (AvgIpc) is 3.51. The number of rotatable bonds is 4. The number of hydrogen-bond acceptors (Lipinski definition) is 6. The van der Waals surface area contributed by atoms with Gasteiger partial charge < -0.3 is 15.4 Å². The van der Waals surface area contributed by atoms with Gasteiger partial charge in [-0.05, 0) is 23.8 Å². The number of urea groups is 1. The summed E-state index contributed by atoms with van der Waals surface area (Å²) in [5.41, 5.74) is 6.26. The lowest BCUT2D eigenvalue weighted by molar-refractivity contribution is 0.0993. The zero-order chi connectivity index (χ0) is 23.1. The smallest absolute Gasteiger partial charge is 0.341 e. The van der Waals surface area contributed by atoms with Crippen LogP contribution in [0.3, 0.4) is 0 Å². The summed E-state index contributed by atoms with van der Waals surface area (Å²) in [7, 11) is 0. The normalized spacial score (nSPS) is 20.1. The summed E-state index contributed by atoms with van der Waals surface area (Å²) >= 11 is 0. The molecule has 4 heterocycles. The minimum Gasteiger partial charge on any atom is -0.471 e. The van der Waals surface area contributed by atoms with Crippen LogP contribution in [0.2, 0.25) is 0 Å². The van der Waals surface area contributed by atoms with Crippen molar-refractivity contribution in [2.45, 2.75) is 25.0 Å². The van der Waals surface area contributed by atoms with E-state index in [9.17, 15) is 18.4 Å². The lowest BCUT2D eigenvalue weighted by Gasteiger charge is -2.27. The largest absolute Gasteiger partial charge is 0.471 e. The second kappa shape index (κ2) is 8.11. The molecule has 0 spiro atoms. The van der Waals surface area contributed by atoms with Crippen LogP contribution in [0.25, 0.3) is 5.65 Å². The monoisotopic (exact) mass is 455 g/mol. The summed E-state index contributed by atoms with van der Waals surface area (Å²) in [4.78, 5) is 30.2. The molecule has 2 atom stereocenters. The Balaban J connectivity index is 1.27. The van der Waals surface area contributed by atoms with Crippen LogP contribution in [-0.4, -0.2) is 61.9 Å². The van der Waals surface area contributed by atoms with Gasteiger partial charge in [-0.15, -0.1) is 5.10 Å². The Morgan fingerprint density at radius 2 is 1.94 bits per heavy atom. The van der Waals surface area contributed by atoms with E-state index in [2.05, 4.69) is 15.2 Å². The van der Waals surface area contributed by atoms with Crippen LogP contribution >= 0.6 is 0 Å². The highest BCUT2D eigenvalue weighted by Crippen LogP contribution is 2.31. The molecule has 12 heteroatoms. The third kappa shape index (κ3) is 3.95. The van der Waals surface area contributed by atoms with E-state index < -0.39 is 23.6 Å². The van der Waals surface area contributed by atoms with Crippen LogP contribution in [0.4, 0.5) is 13.6 Å². The van der Waals surface area contributed by atoms with Crippen LogP contribution in [0.15, 0.2) is 41.6 Å². The molecule has 3 amide bonds. The Labute approximate surface area is 186 Å². The first kappa shape index (κ1) is 20.8. The molecule has 2 aromatic heterocycles. The SMILES string of the molecule is NC(=O)c1cnc2ccc(O[C@@H]3CCN(C(=O)N4N=CC[C@H]4c4cc(F)cc(F)c4)C3)nn12. The number of carbonyl (C=O) groups is 2. The summed E-state index contributed by atoms with van der Waals surface area (Å²) in [6, 6.07) is 5.51. The van der Waals surface area contributed by atoms with Crippen molar-refractivity contribution in [1.82, 2.24) is 24.5 Å². The second-order valence-electron chi connectivity index (χ2n) is 7.80. The standard InChI is InChI=1S/C21H19F2N7O3/c22-13-7-12(8-14(23)9-13)16-3-5-26-30(16)21(32)28-6-4-15(11-28)33-19-2-1-18-25-10-17(20(24)31)29(18)27-19/h1-2,5,7-10,15-16H,3-4,6,11H2,(H2,24,31)/t15-,16+/m1/s1. The molecule has 0 saturated carbocycles. The molecule has 0 bridgehead atoms. The highest BCUT2D eigenvalue weighted by atomic mass is 19.1. The van der Waals surface area contributed by atoms with Crippen molar-refractivity contribution in [3.63, 3.8) is 0 Å². The maximum atomic E-state index is 13.7. The van der Waals surface area contributed by atoms with Crippen LogP contribution in [0.5, 0.6) is 5.88 Å². The lowest BCUT2D eigenvalue weighted by atomic mass is 10.0. The zero-order valence-electron chi connectivity index (χ0n) is 17.3. The van der Waals surface area contributed by atoms with Gasteiger partial charge in [0.2, 0.25) is 5.88 Å². The van der Waals surface area contributed by atoms with Crippen molar-refractivity contribution in [3.05, 3.63) is 59.4 Å². The Bertz CT molecular complexity index is 1260. The number of carbonyl (C=O) groups excluding carboxylic acids is 2. The van der Waals surface area contributed by atoms with Gasteiger partial charge in [-0.2, -0.15) is 5.10 Å². The highest BCUT2D eigenvalue weighted by Gasteiger charge is 2.36. The van der Waals surface area contributed by atoms with Gasteiger partial charge in [-0.1, -0.05) is 0 Å². The quantitative estimate of drug-likeness (QED) is 0.647. The fourth-order valence-corrected chi connectivity index (χ4v) is 4.04. The molecule has 2 aliphatic heterocycles. The van der Waals surface area contributed by atoms with Crippen molar-refractivity contribution in [1.29, 1.82) is 0 Å². The number of primary amides is 1. The van der Waals surface area contributed by atoms with E-state index in [1.807, 2.05) is 0 Å².